The van der Waals surface area contributed by atoms with Crippen LogP contribution in [0.25, 0.3) is 0 Å². The summed E-state index contributed by atoms with van der Waals surface area (Å²) in [4.78, 5) is 0. The second-order valence-corrected chi connectivity index (χ2v) is 3.44. The maximum Gasteiger partial charge on any atom is 0.0895 e. The van der Waals surface area contributed by atoms with Crippen LogP contribution in [0.2, 0.25) is 0 Å². The van der Waals surface area contributed by atoms with Gasteiger partial charge in [-0.2, -0.15) is 0 Å². The van der Waals surface area contributed by atoms with E-state index in [1.807, 2.05) is 24.3 Å². The molecule has 1 rings (SSSR count). The molecule has 0 aliphatic carbocycles. The van der Waals surface area contributed by atoms with E-state index < -0.39 is 6.10 Å². The fourth-order valence-electron chi connectivity index (χ4n) is 1.21. The first-order valence-electron chi connectivity index (χ1n) is 4.94. The molecule has 0 aliphatic rings. The van der Waals surface area contributed by atoms with Crippen LogP contribution >= 0.6 is 0 Å². The Kier molecular flexibility index (Phi) is 5.28. The van der Waals surface area contributed by atoms with Gasteiger partial charge in [0.05, 0.1) is 19.3 Å². The lowest BCUT2D eigenvalue weighted by atomic mass is 10.1. The molecule has 0 radical (unpaired) electrons. The van der Waals surface area contributed by atoms with Gasteiger partial charge in [-0.1, -0.05) is 24.3 Å². The molecule has 84 valence electrons. The summed E-state index contributed by atoms with van der Waals surface area (Å²) in [6.45, 7) is 0.842. The zero-order valence-electron chi connectivity index (χ0n) is 8.56. The van der Waals surface area contributed by atoms with Crippen LogP contribution in [0.15, 0.2) is 24.3 Å². The van der Waals surface area contributed by atoms with Crippen molar-refractivity contribution in [2.24, 2.45) is 0 Å². The molecule has 4 N–H and O–H groups in total. The third-order valence-electron chi connectivity index (χ3n) is 2.13. The monoisotopic (exact) mass is 211 g/mol. The van der Waals surface area contributed by atoms with E-state index in [0.29, 0.717) is 13.1 Å². The van der Waals surface area contributed by atoms with E-state index in [9.17, 15) is 0 Å². The molecule has 1 aromatic carbocycles. The number of nitrogens with one attached hydrogen (secondary N) is 1. The van der Waals surface area contributed by atoms with Gasteiger partial charge in [0.15, 0.2) is 0 Å². The normalized spacial score (nSPS) is 12.7. The minimum absolute atomic E-state index is 0.0525. The minimum Gasteiger partial charge on any atom is -0.394 e. The molecule has 0 aliphatic heterocycles. The quantitative estimate of drug-likeness (QED) is 0.517. The van der Waals surface area contributed by atoms with Gasteiger partial charge < -0.3 is 20.6 Å². The van der Waals surface area contributed by atoms with Crippen molar-refractivity contribution in [1.82, 2.24) is 5.32 Å². The maximum atomic E-state index is 9.07. The lowest BCUT2D eigenvalue weighted by Crippen LogP contribution is -2.28. The molecule has 0 fully saturated rings. The van der Waals surface area contributed by atoms with E-state index in [0.717, 1.165) is 11.1 Å². The van der Waals surface area contributed by atoms with E-state index in [-0.39, 0.29) is 13.2 Å². The molecule has 0 saturated carbocycles. The molecule has 0 heterocycles. The smallest absolute Gasteiger partial charge is 0.0895 e. The molecular formula is C11H17NO3. The van der Waals surface area contributed by atoms with Crippen molar-refractivity contribution in [3.05, 3.63) is 35.4 Å². The summed E-state index contributed by atoms with van der Waals surface area (Å²) >= 11 is 0. The lowest BCUT2D eigenvalue weighted by molar-refractivity contribution is 0.0942. The summed E-state index contributed by atoms with van der Waals surface area (Å²) < 4.78 is 0. The van der Waals surface area contributed by atoms with Gasteiger partial charge in [-0.15, -0.1) is 0 Å². The Morgan fingerprint density at radius 1 is 1.07 bits per heavy atom. The standard InChI is InChI=1S/C11H17NO3/c13-7-10-3-1-9(2-4-10)5-12-6-11(15)8-14/h1-4,11-15H,5-8H2/t11-/m0/s1. The summed E-state index contributed by atoms with van der Waals surface area (Å²) in [5.74, 6) is 0. The Morgan fingerprint density at radius 2 is 1.67 bits per heavy atom. The number of hydrogen-bond acceptors (Lipinski definition) is 4. The van der Waals surface area contributed by atoms with Crippen molar-refractivity contribution in [1.29, 1.82) is 0 Å². The van der Waals surface area contributed by atoms with Crippen LogP contribution in [-0.2, 0) is 13.2 Å². The predicted molar refractivity (Wildman–Crippen MR) is 57.2 cm³/mol. The number of aliphatic hydroxyl groups is 3. The molecule has 15 heavy (non-hydrogen) atoms. The number of aliphatic hydroxyl groups excluding tert-OH is 3. The number of hydrogen-bond donors (Lipinski definition) is 4. The third-order valence-corrected chi connectivity index (χ3v) is 2.13. The van der Waals surface area contributed by atoms with Gasteiger partial charge in [-0.05, 0) is 11.1 Å². The summed E-state index contributed by atoms with van der Waals surface area (Å²) in [7, 11) is 0. The molecule has 0 bridgehead atoms. The molecule has 4 heteroatoms. The molecule has 0 aromatic heterocycles. The second-order valence-electron chi connectivity index (χ2n) is 3.44. The van der Waals surface area contributed by atoms with Gasteiger partial charge in [0, 0.05) is 13.1 Å². The molecule has 1 atom stereocenters. The average Bonchev–Trinajstić information content (AvgIpc) is 2.29. The first-order valence-corrected chi connectivity index (χ1v) is 4.94. The average molecular weight is 211 g/mol. The van der Waals surface area contributed by atoms with Crippen molar-refractivity contribution in [3.8, 4) is 0 Å². The molecule has 1 aromatic rings. The Morgan fingerprint density at radius 3 is 2.20 bits per heavy atom. The molecule has 0 amide bonds. The van der Waals surface area contributed by atoms with Gasteiger partial charge in [-0.3, -0.25) is 0 Å². The van der Waals surface area contributed by atoms with Gasteiger partial charge in [0.1, 0.15) is 0 Å². The third kappa shape index (κ3) is 4.40. The Hall–Kier alpha value is -0.940. The molecule has 0 unspecified atom stereocenters. The highest BCUT2D eigenvalue weighted by atomic mass is 16.3. The fraction of sp³-hybridized carbons (Fsp3) is 0.455. The van der Waals surface area contributed by atoms with Crippen LogP contribution in [0.3, 0.4) is 0 Å². The summed E-state index contributed by atoms with van der Waals surface area (Å²) in [5, 5.41) is 29.5. The zero-order valence-corrected chi connectivity index (χ0v) is 8.56. The number of rotatable bonds is 6. The van der Waals surface area contributed by atoms with E-state index in [1.165, 1.54) is 0 Å². The summed E-state index contributed by atoms with van der Waals surface area (Å²) in [6, 6.07) is 7.56. The van der Waals surface area contributed by atoms with Crippen LogP contribution in [0.5, 0.6) is 0 Å². The lowest BCUT2D eigenvalue weighted by Gasteiger charge is -2.09. The van der Waals surface area contributed by atoms with Crippen molar-refractivity contribution in [2.75, 3.05) is 13.2 Å². The first-order chi connectivity index (χ1) is 7.26. The molecule has 0 saturated heterocycles. The van der Waals surface area contributed by atoms with E-state index in [2.05, 4.69) is 5.32 Å². The summed E-state index contributed by atoms with van der Waals surface area (Å²) in [6.07, 6.45) is -0.707. The van der Waals surface area contributed by atoms with Gasteiger partial charge in [-0.25, -0.2) is 0 Å². The Labute approximate surface area is 89.2 Å². The fourth-order valence-corrected chi connectivity index (χ4v) is 1.21. The van der Waals surface area contributed by atoms with E-state index in [1.54, 1.807) is 0 Å². The summed E-state index contributed by atoms with van der Waals surface area (Å²) in [5.41, 5.74) is 1.96. The highest BCUT2D eigenvalue weighted by molar-refractivity contribution is 5.21. The largest absolute Gasteiger partial charge is 0.394 e. The van der Waals surface area contributed by atoms with Crippen molar-refractivity contribution in [3.63, 3.8) is 0 Å². The number of benzene rings is 1. The highest BCUT2D eigenvalue weighted by Crippen LogP contribution is 2.03. The second kappa shape index (κ2) is 6.53. The Balaban J connectivity index is 2.31. The van der Waals surface area contributed by atoms with Crippen molar-refractivity contribution in [2.45, 2.75) is 19.3 Å². The maximum absolute atomic E-state index is 9.07. The van der Waals surface area contributed by atoms with Gasteiger partial charge in [0.2, 0.25) is 0 Å². The zero-order chi connectivity index (χ0) is 11.1. The van der Waals surface area contributed by atoms with Crippen LogP contribution in [0.1, 0.15) is 11.1 Å². The van der Waals surface area contributed by atoms with Gasteiger partial charge in [0.25, 0.3) is 0 Å². The topological polar surface area (TPSA) is 72.7 Å². The van der Waals surface area contributed by atoms with E-state index in [4.69, 9.17) is 15.3 Å². The van der Waals surface area contributed by atoms with Crippen molar-refractivity contribution >= 4 is 0 Å². The van der Waals surface area contributed by atoms with Crippen LogP contribution in [-0.4, -0.2) is 34.6 Å². The minimum atomic E-state index is -0.707. The molecule has 0 spiro atoms. The predicted octanol–water partition coefficient (Wildman–Crippen LogP) is -0.378. The van der Waals surface area contributed by atoms with E-state index >= 15 is 0 Å². The van der Waals surface area contributed by atoms with Crippen LogP contribution in [0, 0.1) is 0 Å². The highest BCUT2D eigenvalue weighted by Gasteiger charge is 2.00. The molecular weight excluding hydrogens is 194 g/mol. The van der Waals surface area contributed by atoms with Crippen molar-refractivity contribution < 1.29 is 15.3 Å². The molecule has 4 nitrogen and oxygen atoms in total. The van der Waals surface area contributed by atoms with Gasteiger partial charge >= 0.3 is 0 Å². The SMILES string of the molecule is OCc1ccc(CNC[C@H](O)CO)cc1. The Bertz CT molecular complexity index is 274. The van der Waals surface area contributed by atoms with Crippen LogP contribution in [0.4, 0.5) is 0 Å². The van der Waals surface area contributed by atoms with Crippen LogP contribution < -0.4 is 5.32 Å². The first kappa shape index (κ1) is 12.1.